The fraction of sp³-hybridized carbons (Fsp3) is 0.371. The van der Waals surface area contributed by atoms with E-state index in [1.165, 1.54) is 10.6 Å². The second-order valence-corrected chi connectivity index (χ2v) is 11.8. The summed E-state index contributed by atoms with van der Waals surface area (Å²) in [5.41, 5.74) is 5.07. The van der Waals surface area contributed by atoms with E-state index in [1.54, 1.807) is 63.2 Å². The van der Waals surface area contributed by atoms with Crippen LogP contribution in [0.15, 0.2) is 76.4 Å². The molecule has 242 valence electrons. The van der Waals surface area contributed by atoms with Gasteiger partial charge in [-0.1, -0.05) is 31.5 Å². The van der Waals surface area contributed by atoms with Crippen molar-refractivity contribution in [2.45, 2.75) is 65.3 Å². The van der Waals surface area contributed by atoms with Crippen LogP contribution in [0.1, 0.15) is 67.2 Å². The molecule has 4 rings (SSSR count). The standard InChI is InChI=1S/C35H42N6O5/c1-6-7-10-25-12-14-26(15-13-25)32(43)37-21-18-30(42)41(29-17-16-28-31(24(29)2)33(44)46-23-38-28)39-35(3,4)34(45)40(5)22-19-27-11-8-9-20-36-27/h8-9,11-17,20,23,39H,6-7,10,18-19,21-22H2,1-5H3,(H,37,43). The average molecular weight is 627 g/mol. The molecule has 0 unspecified atom stereocenters. The Kier molecular flexibility index (Phi) is 11.4. The summed E-state index contributed by atoms with van der Waals surface area (Å²) in [6, 6.07) is 16.4. The first-order valence-electron chi connectivity index (χ1n) is 15.5. The van der Waals surface area contributed by atoms with E-state index >= 15 is 0 Å². The highest BCUT2D eigenvalue weighted by molar-refractivity contribution is 5.99. The molecular formula is C35H42N6O5. The zero-order valence-corrected chi connectivity index (χ0v) is 27.1. The zero-order chi connectivity index (χ0) is 33.3. The van der Waals surface area contributed by atoms with Crippen LogP contribution in [0, 0.1) is 6.92 Å². The van der Waals surface area contributed by atoms with Crippen molar-refractivity contribution in [2.24, 2.45) is 0 Å². The van der Waals surface area contributed by atoms with Crippen molar-refractivity contribution >= 4 is 34.3 Å². The van der Waals surface area contributed by atoms with Gasteiger partial charge in [0.2, 0.25) is 11.8 Å². The van der Waals surface area contributed by atoms with Gasteiger partial charge in [0.1, 0.15) is 5.54 Å². The van der Waals surface area contributed by atoms with E-state index in [1.807, 2.05) is 30.3 Å². The number of likely N-dealkylation sites (N-methyl/N-ethyl adjacent to an activating group) is 1. The summed E-state index contributed by atoms with van der Waals surface area (Å²) in [5.74, 6) is -0.954. The summed E-state index contributed by atoms with van der Waals surface area (Å²) < 4.78 is 5.01. The largest absolute Gasteiger partial charge is 0.411 e. The molecule has 0 saturated heterocycles. The van der Waals surface area contributed by atoms with E-state index in [0.717, 1.165) is 31.4 Å². The van der Waals surface area contributed by atoms with E-state index in [2.05, 4.69) is 27.6 Å². The Morgan fingerprint density at radius 3 is 2.43 bits per heavy atom. The number of aromatic nitrogens is 2. The molecular weight excluding hydrogens is 584 g/mol. The number of nitrogens with one attached hydrogen (secondary N) is 2. The van der Waals surface area contributed by atoms with Crippen LogP contribution in [0.4, 0.5) is 5.69 Å². The molecule has 4 aromatic rings. The number of anilines is 1. The van der Waals surface area contributed by atoms with Gasteiger partial charge in [-0.15, -0.1) is 0 Å². The van der Waals surface area contributed by atoms with Crippen LogP contribution >= 0.6 is 0 Å². The van der Waals surface area contributed by atoms with Gasteiger partial charge in [-0.2, -0.15) is 0 Å². The minimum atomic E-state index is -1.24. The number of aryl methyl sites for hydroxylation is 2. The van der Waals surface area contributed by atoms with Gasteiger partial charge >= 0.3 is 5.63 Å². The Morgan fingerprint density at radius 1 is 0.978 bits per heavy atom. The Labute approximate surface area is 269 Å². The maximum atomic E-state index is 13.8. The molecule has 0 radical (unpaired) electrons. The first kappa shape index (κ1) is 34.0. The smallest absolute Gasteiger partial charge is 0.346 e. The lowest BCUT2D eigenvalue weighted by molar-refractivity contribution is -0.136. The van der Waals surface area contributed by atoms with Crippen molar-refractivity contribution < 1.29 is 18.8 Å². The van der Waals surface area contributed by atoms with Crippen LogP contribution in [0.25, 0.3) is 10.9 Å². The lowest BCUT2D eigenvalue weighted by atomic mass is 10.0. The average Bonchev–Trinajstić information content (AvgIpc) is 3.05. The number of hydrogen-bond donors (Lipinski definition) is 2. The molecule has 3 amide bonds. The van der Waals surface area contributed by atoms with Crippen molar-refractivity contribution in [3.05, 3.63) is 100.0 Å². The Balaban J connectivity index is 1.52. The number of unbranched alkanes of at least 4 members (excludes halogenated alkanes) is 1. The Morgan fingerprint density at radius 2 is 1.74 bits per heavy atom. The van der Waals surface area contributed by atoms with Crippen LogP contribution in [0.5, 0.6) is 0 Å². The predicted molar refractivity (Wildman–Crippen MR) is 177 cm³/mol. The Hall–Kier alpha value is -4.90. The van der Waals surface area contributed by atoms with Crippen LogP contribution in [0.3, 0.4) is 0 Å². The SMILES string of the molecule is CCCCc1ccc(C(=O)NCCC(=O)N(NC(C)(C)C(=O)N(C)CCc2ccccn2)c2ccc3ncoc(=O)c3c2C)cc1. The van der Waals surface area contributed by atoms with Gasteiger partial charge in [-0.05, 0) is 81.1 Å². The third-order valence-electron chi connectivity index (χ3n) is 7.82. The third kappa shape index (κ3) is 8.42. The molecule has 0 saturated carbocycles. The summed E-state index contributed by atoms with van der Waals surface area (Å²) >= 11 is 0. The minimum Gasteiger partial charge on any atom is -0.411 e. The second kappa shape index (κ2) is 15.4. The van der Waals surface area contributed by atoms with Gasteiger partial charge in [0, 0.05) is 50.4 Å². The van der Waals surface area contributed by atoms with Crippen molar-refractivity contribution in [1.82, 2.24) is 25.6 Å². The summed E-state index contributed by atoms with van der Waals surface area (Å²) in [4.78, 5) is 63.0. The lowest BCUT2D eigenvalue weighted by Gasteiger charge is -2.36. The molecule has 11 heteroatoms. The quantitative estimate of drug-likeness (QED) is 0.197. The van der Waals surface area contributed by atoms with Gasteiger partial charge in [0.05, 0.1) is 16.6 Å². The monoisotopic (exact) mass is 626 g/mol. The molecule has 0 atom stereocenters. The molecule has 0 spiro atoms. The van der Waals surface area contributed by atoms with Gasteiger partial charge < -0.3 is 14.6 Å². The maximum Gasteiger partial charge on any atom is 0.346 e. The fourth-order valence-electron chi connectivity index (χ4n) is 5.18. The number of nitrogens with zero attached hydrogens (tertiary/aromatic N) is 4. The number of carbonyl (C=O) groups excluding carboxylic acids is 3. The molecule has 2 heterocycles. The van der Waals surface area contributed by atoms with E-state index in [-0.39, 0.29) is 30.2 Å². The normalized spacial score (nSPS) is 11.3. The van der Waals surface area contributed by atoms with E-state index in [0.29, 0.717) is 35.3 Å². The van der Waals surface area contributed by atoms with Gasteiger partial charge in [0.25, 0.3) is 5.91 Å². The van der Waals surface area contributed by atoms with Crippen molar-refractivity contribution in [3.63, 3.8) is 0 Å². The molecule has 46 heavy (non-hydrogen) atoms. The zero-order valence-electron chi connectivity index (χ0n) is 27.1. The molecule has 2 N–H and O–H groups in total. The van der Waals surface area contributed by atoms with Crippen molar-refractivity contribution in [1.29, 1.82) is 0 Å². The highest BCUT2D eigenvalue weighted by Crippen LogP contribution is 2.26. The first-order valence-corrected chi connectivity index (χ1v) is 15.5. The second-order valence-electron chi connectivity index (χ2n) is 11.8. The van der Waals surface area contributed by atoms with Crippen LogP contribution in [-0.4, -0.2) is 58.3 Å². The van der Waals surface area contributed by atoms with E-state index < -0.39 is 17.1 Å². The number of fused-ring (bicyclic) bond motifs is 1. The number of benzene rings is 2. The van der Waals surface area contributed by atoms with Crippen molar-refractivity contribution in [2.75, 3.05) is 25.1 Å². The van der Waals surface area contributed by atoms with Gasteiger partial charge in [-0.3, -0.25) is 19.4 Å². The molecule has 0 fully saturated rings. The molecule has 11 nitrogen and oxygen atoms in total. The molecule has 2 aromatic carbocycles. The number of amides is 3. The van der Waals surface area contributed by atoms with Gasteiger partial charge in [0.15, 0.2) is 6.39 Å². The number of carbonyl (C=O) groups is 3. The van der Waals surface area contributed by atoms with E-state index in [9.17, 15) is 19.2 Å². The number of rotatable bonds is 14. The lowest BCUT2D eigenvalue weighted by Crippen LogP contribution is -2.61. The van der Waals surface area contributed by atoms with Crippen LogP contribution < -0.4 is 21.4 Å². The van der Waals surface area contributed by atoms with E-state index in [4.69, 9.17) is 4.42 Å². The topological polar surface area (TPSA) is 138 Å². The third-order valence-corrected chi connectivity index (χ3v) is 7.82. The van der Waals surface area contributed by atoms with Gasteiger partial charge in [-0.25, -0.2) is 20.2 Å². The van der Waals surface area contributed by atoms with Crippen LogP contribution in [0.2, 0.25) is 0 Å². The van der Waals surface area contributed by atoms with Crippen molar-refractivity contribution in [3.8, 4) is 0 Å². The first-order chi connectivity index (χ1) is 22.0. The summed E-state index contributed by atoms with van der Waals surface area (Å²) in [6.45, 7) is 7.68. The van der Waals surface area contributed by atoms with Crippen LogP contribution in [-0.2, 0) is 22.4 Å². The number of pyridine rings is 1. The number of hydrazine groups is 1. The highest BCUT2D eigenvalue weighted by atomic mass is 16.4. The Bertz CT molecular complexity index is 1720. The molecule has 0 bridgehead atoms. The molecule has 2 aromatic heterocycles. The maximum absolute atomic E-state index is 13.8. The predicted octanol–water partition coefficient (Wildman–Crippen LogP) is 4.37. The summed E-state index contributed by atoms with van der Waals surface area (Å²) in [5, 5.41) is 4.32. The molecule has 0 aliphatic rings. The minimum absolute atomic E-state index is 0.0576. The highest BCUT2D eigenvalue weighted by Gasteiger charge is 2.35. The molecule has 0 aliphatic carbocycles. The fourth-order valence-corrected chi connectivity index (χ4v) is 5.18. The molecule has 0 aliphatic heterocycles. The number of hydrogen-bond acceptors (Lipinski definition) is 8. The summed E-state index contributed by atoms with van der Waals surface area (Å²) in [6.07, 6.45) is 6.41. The summed E-state index contributed by atoms with van der Waals surface area (Å²) in [7, 11) is 1.70.